The number of fused-ring (bicyclic) bond motifs is 19. The molecule has 1 aromatic heterocycles. The summed E-state index contributed by atoms with van der Waals surface area (Å²) in [6, 6.07) is 75.8. The lowest BCUT2D eigenvalue weighted by Crippen LogP contribution is -2.19. The molecule has 76 heavy (non-hydrogen) atoms. The quantitative estimate of drug-likeness (QED) is 0.175. The van der Waals surface area contributed by atoms with E-state index in [9.17, 15) is 0 Å². The summed E-state index contributed by atoms with van der Waals surface area (Å²) < 4.78 is 7.35. The number of hydrogen-bond donors (Lipinski definition) is 0. The summed E-state index contributed by atoms with van der Waals surface area (Å²) in [4.78, 5) is 2.54. The van der Waals surface area contributed by atoms with Crippen LogP contribution in [0.2, 0.25) is 0 Å². The van der Waals surface area contributed by atoms with Crippen LogP contribution in [-0.4, -0.2) is 0 Å². The molecule has 16 rings (SSSR count). The molecule has 0 saturated carbocycles. The van der Waals surface area contributed by atoms with E-state index < -0.39 is 0 Å². The first-order valence-corrected chi connectivity index (χ1v) is 27.2. The first kappa shape index (κ1) is 43.9. The molecule has 0 N–H and O–H groups in total. The Morgan fingerprint density at radius 1 is 0.303 bits per heavy atom. The zero-order valence-corrected chi connectivity index (χ0v) is 44.4. The molecule has 1 heterocycles. The molecule has 2 heteroatoms. The molecule has 0 atom stereocenters. The third kappa shape index (κ3) is 5.51. The lowest BCUT2D eigenvalue weighted by atomic mass is 9.78. The van der Waals surface area contributed by atoms with Crippen molar-refractivity contribution in [3.8, 4) is 55.6 Å². The van der Waals surface area contributed by atoms with E-state index in [0.717, 1.165) is 50.1 Å². The maximum Gasteiger partial charge on any atom is 0.159 e. The maximum absolute atomic E-state index is 7.35. The van der Waals surface area contributed by atoms with E-state index >= 15 is 0 Å². The average molecular weight is 976 g/mol. The number of rotatable bonds is 4. The number of para-hydroxylation sites is 2. The zero-order valence-electron chi connectivity index (χ0n) is 44.4. The summed E-state index contributed by atoms with van der Waals surface area (Å²) in [6.07, 6.45) is 0. The third-order valence-corrected chi connectivity index (χ3v) is 19.0. The Bertz CT molecular complexity index is 4580. The van der Waals surface area contributed by atoms with E-state index in [2.05, 4.69) is 260 Å². The predicted molar refractivity (Wildman–Crippen MR) is 319 cm³/mol. The highest BCUT2D eigenvalue weighted by molar-refractivity contribution is 6.16. The van der Waals surface area contributed by atoms with Gasteiger partial charge in [-0.05, 0) is 159 Å². The van der Waals surface area contributed by atoms with Crippen molar-refractivity contribution in [1.29, 1.82) is 0 Å². The molecule has 0 fully saturated rings. The van der Waals surface area contributed by atoms with Crippen molar-refractivity contribution in [1.82, 2.24) is 0 Å². The van der Waals surface area contributed by atoms with Crippen molar-refractivity contribution in [2.75, 3.05) is 4.90 Å². The zero-order chi connectivity index (χ0) is 51.4. The molecule has 0 unspecified atom stereocenters. The monoisotopic (exact) mass is 975 g/mol. The average Bonchev–Trinajstić information content (AvgIpc) is 4.15. The lowest BCUT2D eigenvalue weighted by molar-refractivity contribution is 0.652. The highest BCUT2D eigenvalue weighted by Crippen LogP contribution is 2.61. The molecular weight excluding hydrogens is 919 g/mol. The molecule has 12 aromatic rings. The topological polar surface area (TPSA) is 16.4 Å². The first-order chi connectivity index (χ1) is 36.7. The fraction of sp³-hybridized carbons (Fsp3) is 0.162. The fourth-order valence-electron chi connectivity index (χ4n) is 15.1. The smallest absolute Gasteiger partial charge is 0.159 e. The standard InChI is InChI=1S/C74H57NO/c1-71(2)58-30-17-16-24-47(58)54-38-63-57(40-61(54)71)67-50-26-15-14-25-49(50)66(41-64(67)73(63,5)6)75(65-31-19-29-53-52-28-18-27-46(69(52)76-70(53)65)42-20-10-9-11-21-42)44-33-35-48-55-37-62-56(39-60(55)72(3,4)59(48)36-44)51-34-32-43-22-12-13-23-45(43)68(51)74(62,7)8/h9-41H,1-8H3. The molecule has 0 radical (unpaired) electrons. The molecule has 0 aliphatic heterocycles. The molecule has 2 nitrogen and oxygen atoms in total. The SMILES string of the molecule is CC1(C)c2ccccc2-c2cc3c(cc21)-c1c(cc(N(c2ccc4c(c2)C(C)(C)c2cc5c(cc2-4)C(C)(C)c2c-5ccc4ccccc24)c2cccc4c2oc2c(-c5ccccc5)cccc24)c2ccccc12)C3(C)C. The van der Waals surface area contributed by atoms with Gasteiger partial charge in [0.1, 0.15) is 5.58 Å². The van der Waals surface area contributed by atoms with Gasteiger partial charge < -0.3 is 9.32 Å². The number of benzene rings is 11. The number of hydrogen-bond acceptors (Lipinski definition) is 2. The van der Waals surface area contributed by atoms with Gasteiger partial charge >= 0.3 is 0 Å². The van der Waals surface area contributed by atoms with E-state index in [4.69, 9.17) is 4.42 Å². The van der Waals surface area contributed by atoms with Gasteiger partial charge in [0.15, 0.2) is 5.58 Å². The maximum atomic E-state index is 7.35. The van der Waals surface area contributed by atoms with Crippen LogP contribution in [0.4, 0.5) is 17.1 Å². The molecule has 11 aromatic carbocycles. The van der Waals surface area contributed by atoms with E-state index in [1.807, 2.05) is 0 Å². The Hall–Kier alpha value is -8.46. The lowest BCUT2D eigenvalue weighted by Gasteiger charge is -2.31. The summed E-state index contributed by atoms with van der Waals surface area (Å²) >= 11 is 0. The summed E-state index contributed by atoms with van der Waals surface area (Å²) in [5, 5.41) is 7.34. The first-order valence-electron chi connectivity index (χ1n) is 27.2. The number of furan rings is 1. The highest BCUT2D eigenvalue weighted by Gasteiger charge is 2.45. The Kier molecular flexibility index (Phi) is 8.48. The van der Waals surface area contributed by atoms with Crippen LogP contribution in [-0.2, 0) is 21.7 Å². The largest absolute Gasteiger partial charge is 0.453 e. The summed E-state index contributed by atoms with van der Waals surface area (Å²) in [7, 11) is 0. The van der Waals surface area contributed by atoms with Crippen LogP contribution >= 0.6 is 0 Å². The third-order valence-electron chi connectivity index (χ3n) is 19.0. The number of anilines is 3. The van der Waals surface area contributed by atoms with Crippen LogP contribution in [0.1, 0.15) is 99.9 Å². The summed E-state index contributed by atoms with van der Waals surface area (Å²) in [6.45, 7) is 19.4. The van der Waals surface area contributed by atoms with Crippen LogP contribution in [0.5, 0.6) is 0 Å². The Morgan fingerprint density at radius 3 is 1.61 bits per heavy atom. The van der Waals surface area contributed by atoms with Crippen molar-refractivity contribution in [2.45, 2.75) is 77.0 Å². The van der Waals surface area contributed by atoms with Gasteiger partial charge in [-0.25, -0.2) is 0 Å². The minimum atomic E-state index is -0.289. The van der Waals surface area contributed by atoms with Gasteiger partial charge in [0.25, 0.3) is 0 Å². The normalized spacial score (nSPS) is 16.1. The summed E-state index contributed by atoms with van der Waals surface area (Å²) in [5.74, 6) is 0. The van der Waals surface area contributed by atoms with E-state index in [1.54, 1.807) is 0 Å². The molecule has 0 spiro atoms. The van der Waals surface area contributed by atoms with Gasteiger partial charge in [0, 0.05) is 49.1 Å². The molecule has 4 aliphatic carbocycles. The van der Waals surface area contributed by atoms with Gasteiger partial charge in [-0.15, -0.1) is 0 Å². The van der Waals surface area contributed by atoms with E-state index in [0.29, 0.717) is 0 Å². The molecule has 0 bridgehead atoms. The van der Waals surface area contributed by atoms with Crippen LogP contribution < -0.4 is 4.90 Å². The van der Waals surface area contributed by atoms with Crippen LogP contribution in [0.15, 0.2) is 205 Å². The van der Waals surface area contributed by atoms with E-state index in [1.165, 1.54) is 111 Å². The van der Waals surface area contributed by atoms with Crippen molar-refractivity contribution < 1.29 is 4.42 Å². The Morgan fingerprint density at radius 2 is 0.829 bits per heavy atom. The van der Waals surface area contributed by atoms with Crippen molar-refractivity contribution in [3.63, 3.8) is 0 Å². The van der Waals surface area contributed by atoms with Crippen molar-refractivity contribution in [3.05, 3.63) is 245 Å². The van der Waals surface area contributed by atoms with Crippen LogP contribution in [0, 0.1) is 0 Å². The van der Waals surface area contributed by atoms with Gasteiger partial charge in [-0.1, -0.05) is 207 Å². The second kappa shape index (κ2) is 14.7. The van der Waals surface area contributed by atoms with Gasteiger partial charge in [-0.3, -0.25) is 0 Å². The van der Waals surface area contributed by atoms with Gasteiger partial charge in [0.2, 0.25) is 0 Å². The fourth-order valence-corrected chi connectivity index (χ4v) is 15.1. The van der Waals surface area contributed by atoms with Crippen molar-refractivity contribution >= 4 is 60.5 Å². The molecule has 0 saturated heterocycles. The second-order valence-corrected chi connectivity index (χ2v) is 24.4. The Labute approximate surface area is 444 Å². The van der Waals surface area contributed by atoms with Crippen molar-refractivity contribution in [2.24, 2.45) is 0 Å². The Balaban J connectivity index is 0.935. The van der Waals surface area contributed by atoms with Crippen LogP contribution in [0.25, 0.3) is 99.1 Å². The minimum absolute atomic E-state index is 0.108. The van der Waals surface area contributed by atoms with E-state index in [-0.39, 0.29) is 21.7 Å². The molecule has 4 aliphatic rings. The number of nitrogens with zero attached hydrogens (tertiary/aromatic N) is 1. The minimum Gasteiger partial charge on any atom is -0.453 e. The molecular formula is C74H57NO. The predicted octanol–water partition coefficient (Wildman–Crippen LogP) is 20.3. The summed E-state index contributed by atoms with van der Waals surface area (Å²) in [5.41, 5.74) is 28.4. The van der Waals surface area contributed by atoms with Gasteiger partial charge in [0.05, 0.1) is 11.4 Å². The van der Waals surface area contributed by atoms with Crippen LogP contribution in [0.3, 0.4) is 0 Å². The molecule has 0 amide bonds. The highest BCUT2D eigenvalue weighted by atomic mass is 16.3. The van der Waals surface area contributed by atoms with Gasteiger partial charge in [-0.2, -0.15) is 0 Å². The second-order valence-electron chi connectivity index (χ2n) is 24.4. The molecule has 364 valence electrons.